The summed E-state index contributed by atoms with van der Waals surface area (Å²) >= 11 is 2.23. The van der Waals surface area contributed by atoms with Gasteiger partial charge in [-0.3, -0.25) is 42.9 Å². The van der Waals surface area contributed by atoms with Crippen LogP contribution in [0.4, 0.5) is 0 Å². The Hall–Kier alpha value is -5.32. The minimum Gasteiger partial charge on any atom is -0.481 e. The van der Waals surface area contributed by atoms with E-state index < -0.39 is 104 Å². The molecule has 0 spiro atoms. The van der Waals surface area contributed by atoms with E-state index in [2.05, 4.69) is 54.5 Å². The molecule has 0 saturated heterocycles. The van der Waals surface area contributed by atoms with Crippen molar-refractivity contribution < 1.29 is 91.8 Å². The summed E-state index contributed by atoms with van der Waals surface area (Å²) in [5.74, 6) is -8.48. The van der Waals surface area contributed by atoms with Crippen LogP contribution in [0.15, 0.2) is 24.3 Å². The molecule has 0 aliphatic rings. The molecular formula is C49H79IN7O19P. The van der Waals surface area contributed by atoms with Crippen molar-refractivity contribution in [2.75, 3.05) is 46.1 Å². The standard InChI is InChI=1S/C49H79IN7O19P/c1-3-74-31-32-75-30-26-44(62)54-36(46(65)56-37(47(66)67)13-6-8-28-51-40(58)15-9-12-34-16-18-35(50)19-17-34)20-23-41(59)52-27-7-4-5-14-42(60)55-38(48(68)69)21-24-43(61)53-33(2)11-10-29-76-77(72,73)57-39(49(70)71)22-25-45(63)64/h16-19,33,36-39H,3-15,20-32H2,1-2H3,(H,51,58)(H,52,59)(H,53,61)(H,54,62)(H,55,60)(H,56,65)(H,63,64)(H,66,67)(H,68,69)(H,70,71)(H2,57,72,73)/t33-,36?,37?,38+,39+/m1/s1. The predicted octanol–water partition coefficient (Wildman–Crippen LogP) is 2.51. The fourth-order valence-corrected chi connectivity index (χ4v) is 8.65. The van der Waals surface area contributed by atoms with Gasteiger partial charge in [-0.15, -0.1) is 0 Å². The highest BCUT2D eigenvalue weighted by Crippen LogP contribution is 2.38. The topological polar surface area (TPSA) is 401 Å². The first-order valence-corrected chi connectivity index (χ1v) is 28.4. The molecule has 1 aromatic carbocycles. The Morgan fingerprint density at radius 3 is 1.70 bits per heavy atom. The number of carboxylic acid groups (broad SMARTS) is 4. The first kappa shape index (κ1) is 69.7. The molecule has 0 aliphatic carbocycles. The van der Waals surface area contributed by atoms with Crippen LogP contribution in [0.25, 0.3) is 0 Å². The van der Waals surface area contributed by atoms with Crippen LogP contribution in [0, 0.1) is 3.57 Å². The number of hydrogen-bond acceptors (Lipinski definition) is 14. The van der Waals surface area contributed by atoms with E-state index in [-0.39, 0.29) is 90.1 Å². The second-order valence-corrected chi connectivity index (χ2v) is 20.8. The highest BCUT2D eigenvalue weighted by molar-refractivity contribution is 14.1. The summed E-state index contributed by atoms with van der Waals surface area (Å²) < 4.78 is 28.8. The second kappa shape index (κ2) is 40.8. The molecule has 1 rings (SSSR count). The Kier molecular flexibility index (Phi) is 37.0. The predicted molar refractivity (Wildman–Crippen MR) is 286 cm³/mol. The zero-order valence-electron chi connectivity index (χ0n) is 43.9. The van der Waals surface area contributed by atoms with Gasteiger partial charge in [-0.1, -0.05) is 18.6 Å². The highest BCUT2D eigenvalue weighted by Gasteiger charge is 2.30. The first-order valence-electron chi connectivity index (χ1n) is 25.8. The summed E-state index contributed by atoms with van der Waals surface area (Å²) in [5, 5.41) is 55.0. The summed E-state index contributed by atoms with van der Waals surface area (Å²) in [6.07, 6.45) is 2.25. The monoisotopic (exact) mass is 1230 g/mol. The lowest BCUT2D eigenvalue weighted by Crippen LogP contribution is -2.52. The smallest absolute Gasteiger partial charge is 0.403 e. The van der Waals surface area contributed by atoms with Crippen LogP contribution in [-0.2, 0) is 72.9 Å². The summed E-state index contributed by atoms with van der Waals surface area (Å²) in [5.41, 5.74) is 1.14. The molecule has 0 aliphatic heterocycles. The highest BCUT2D eigenvalue weighted by atomic mass is 127. The molecule has 77 heavy (non-hydrogen) atoms. The molecule has 26 nitrogen and oxygen atoms in total. The zero-order valence-corrected chi connectivity index (χ0v) is 46.9. The van der Waals surface area contributed by atoms with E-state index in [0.29, 0.717) is 64.7 Å². The van der Waals surface area contributed by atoms with E-state index >= 15 is 0 Å². The SMILES string of the molecule is CCOCCOCCC(=O)NC(CCC(=O)NCCCCCC(=O)N[C@@H](CCC(=O)N[C@H](C)CCCOP(=O)(O)N[C@@H](CCC(=O)O)C(=O)O)C(=O)O)C(=O)NC(CCCCNC(=O)CCCc1ccc(I)cc1)C(=O)O. The van der Waals surface area contributed by atoms with Crippen LogP contribution < -0.4 is 37.0 Å². The van der Waals surface area contributed by atoms with Crippen LogP contribution in [0.2, 0.25) is 0 Å². The van der Waals surface area contributed by atoms with Gasteiger partial charge >= 0.3 is 31.6 Å². The van der Waals surface area contributed by atoms with E-state index in [4.69, 9.17) is 19.1 Å². The maximum Gasteiger partial charge on any atom is 0.403 e. The number of carbonyl (C=O) groups is 10. The number of carbonyl (C=O) groups excluding carboxylic acids is 6. The zero-order chi connectivity index (χ0) is 57.6. The van der Waals surface area contributed by atoms with E-state index in [0.717, 1.165) is 15.6 Å². The summed E-state index contributed by atoms with van der Waals surface area (Å²) in [6.45, 7) is 4.76. The Morgan fingerprint density at radius 1 is 0.532 bits per heavy atom. The average molecular weight is 1230 g/mol. The van der Waals surface area contributed by atoms with Crippen LogP contribution in [0.3, 0.4) is 0 Å². The fraction of sp³-hybridized carbons (Fsp3) is 0.673. The Balaban J connectivity index is 2.52. The van der Waals surface area contributed by atoms with Crippen LogP contribution >= 0.6 is 30.3 Å². The largest absolute Gasteiger partial charge is 0.481 e. The van der Waals surface area contributed by atoms with Gasteiger partial charge in [0.05, 0.1) is 26.4 Å². The third-order valence-electron chi connectivity index (χ3n) is 11.4. The first-order chi connectivity index (χ1) is 36.5. The number of halogens is 1. The number of carboxylic acids is 4. The molecule has 28 heteroatoms. The number of aryl methyl sites for hydroxylation is 1. The minimum absolute atomic E-state index is 0.0281. The van der Waals surface area contributed by atoms with Gasteiger partial charge in [0, 0.05) is 67.8 Å². The number of nitrogens with one attached hydrogen (secondary N) is 7. The maximum absolute atomic E-state index is 13.4. The lowest BCUT2D eigenvalue weighted by Gasteiger charge is -2.21. The number of ether oxygens (including phenoxy) is 2. The molecule has 12 N–H and O–H groups in total. The van der Waals surface area contributed by atoms with E-state index in [1.807, 2.05) is 36.3 Å². The molecule has 0 aromatic heterocycles. The van der Waals surface area contributed by atoms with Gasteiger partial charge in [0.1, 0.15) is 24.2 Å². The van der Waals surface area contributed by atoms with Gasteiger partial charge < -0.3 is 66.7 Å². The molecule has 1 aromatic rings. The molecule has 0 saturated carbocycles. The number of unbranched alkanes of at least 4 members (excludes halogenated alkanes) is 3. The molecule has 0 radical (unpaired) electrons. The van der Waals surface area contributed by atoms with Gasteiger partial charge in [0.2, 0.25) is 35.4 Å². The number of benzene rings is 1. The van der Waals surface area contributed by atoms with E-state index in [9.17, 15) is 72.7 Å². The van der Waals surface area contributed by atoms with Crippen molar-refractivity contribution >= 4 is 89.7 Å². The minimum atomic E-state index is -4.60. The third-order valence-corrected chi connectivity index (χ3v) is 13.3. The van der Waals surface area contributed by atoms with Crippen molar-refractivity contribution in [3.8, 4) is 0 Å². The Bertz CT molecular complexity index is 2070. The van der Waals surface area contributed by atoms with Gasteiger partial charge in [0.15, 0.2) is 0 Å². The lowest BCUT2D eigenvalue weighted by atomic mass is 10.1. The summed E-state index contributed by atoms with van der Waals surface area (Å²) in [4.78, 5) is 132. The lowest BCUT2D eigenvalue weighted by molar-refractivity contribution is -0.143. The Labute approximate surface area is 462 Å². The molecule has 0 heterocycles. The molecule has 0 bridgehead atoms. The second-order valence-electron chi connectivity index (χ2n) is 18.0. The molecule has 0 fully saturated rings. The molecular weight excluding hydrogens is 1150 g/mol. The van der Waals surface area contributed by atoms with Gasteiger partial charge in [0.25, 0.3) is 0 Å². The average Bonchev–Trinajstić information content (AvgIpc) is 3.36. The number of aliphatic carboxylic acids is 4. The van der Waals surface area contributed by atoms with Crippen molar-refractivity contribution in [3.63, 3.8) is 0 Å². The van der Waals surface area contributed by atoms with Gasteiger partial charge in [-0.25, -0.2) is 19.2 Å². The maximum atomic E-state index is 13.4. The summed E-state index contributed by atoms with van der Waals surface area (Å²) in [6, 6.07) is 2.01. The number of hydrogen-bond donors (Lipinski definition) is 12. The quantitative estimate of drug-likeness (QED) is 0.0253. The van der Waals surface area contributed by atoms with E-state index in [1.165, 1.54) is 0 Å². The normalized spacial score (nSPS) is 13.8. The third kappa shape index (κ3) is 36.4. The van der Waals surface area contributed by atoms with Crippen molar-refractivity contribution in [3.05, 3.63) is 33.4 Å². The number of amides is 6. The molecule has 3 unspecified atom stereocenters. The molecule has 6 atom stereocenters. The van der Waals surface area contributed by atoms with E-state index in [1.54, 1.807) is 6.92 Å². The molecule has 436 valence electrons. The number of rotatable bonds is 46. The van der Waals surface area contributed by atoms with Crippen LogP contribution in [-0.4, -0.2) is 161 Å². The summed E-state index contributed by atoms with van der Waals surface area (Å²) in [7, 11) is -4.60. The van der Waals surface area contributed by atoms with Gasteiger partial charge in [-0.05, 0) is 131 Å². The van der Waals surface area contributed by atoms with Crippen molar-refractivity contribution in [2.45, 2.75) is 166 Å². The molecule has 6 amide bonds. The van der Waals surface area contributed by atoms with Gasteiger partial charge in [-0.2, -0.15) is 0 Å². The van der Waals surface area contributed by atoms with Crippen molar-refractivity contribution in [1.29, 1.82) is 0 Å². The fourth-order valence-electron chi connectivity index (χ4n) is 7.21. The van der Waals surface area contributed by atoms with Crippen molar-refractivity contribution in [2.24, 2.45) is 0 Å². The Morgan fingerprint density at radius 2 is 1.06 bits per heavy atom. The van der Waals surface area contributed by atoms with Crippen molar-refractivity contribution in [1.82, 2.24) is 37.0 Å². The van der Waals surface area contributed by atoms with Crippen LogP contribution in [0.5, 0.6) is 0 Å². The van der Waals surface area contributed by atoms with Crippen LogP contribution in [0.1, 0.15) is 135 Å².